The SMILES string of the molecule is CCC(C(=O)OC(C(F)(F)F)C(F)(F)F)C(C)(CC)OC(=O)CCC(C)C. The van der Waals surface area contributed by atoms with Crippen LogP contribution in [0.4, 0.5) is 26.3 Å². The molecular weight excluding hydrogens is 382 g/mol. The third-order valence-electron chi connectivity index (χ3n) is 4.23. The zero-order valence-electron chi connectivity index (χ0n) is 16.0. The number of alkyl halides is 6. The molecule has 0 amide bonds. The molecule has 0 N–H and O–H groups in total. The van der Waals surface area contributed by atoms with Crippen LogP contribution in [-0.4, -0.2) is 36.0 Å². The summed E-state index contributed by atoms with van der Waals surface area (Å²) >= 11 is 0. The van der Waals surface area contributed by atoms with Crippen molar-refractivity contribution in [1.29, 1.82) is 0 Å². The molecule has 0 bridgehead atoms. The number of carbonyl (C=O) groups is 2. The van der Waals surface area contributed by atoms with Gasteiger partial charge in [-0.2, -0.15) is 26.3 Å². The van der Waals surface area contributed by atoms with Crippen LogP contribution in [0.3, 0.4) is 0 Å². The summed E-state index contributed by atoms with van der Waals surface area (Å²) in [4.78, 5) is 24.1. The molecule has 0 aliphatic carbocycles. The third kappa shape index (κ3) is 7.96. The van der Waals surface area contributed by atoms with Gasteiger partial charge in [-0.1, -0.05) is 27.7 Å². The predicted molar refractivity (Wildman–Crippen MR) is 84.6 cm³/mol. The van der Waals surface area contributed by atoms with E-state index in [2.05, 4.69) is 4.74 Å². The van der Waals surface area contributed by atoms with Crippen LogP contribution in [0.25, 0.3) is 0 Å². The monoisotopic (exact) mass is 408 g/mol. The van der Waals surface area contributed by atoms with Crippen LogP contribution >= 0.6 is 0 Å². The molecule has 0 aromatic rings. The number of ether oxygens (including phenoxy) is 2. The van der Waals surface area contributed by atoms with Gasteiger partial charge in [0.2, 0.25) is 0 Å². The van der Waals surface area contributed by atoms with E-state index in [1.807, 2.05) is 13.8 Å². The van der Waals surface area contributed by atoms with Gasteiger partial charge in [0, 0.05) is 6.42 Å². The van der Waals surface area contributed by atoms with Gasteiger partial charge in [-0.15, -0.1) is 0 Å². The number of hydrogen-bond donors (Lipinski definition) is 0. The number of esters is 2. The van der Waals surface area contributed by atoms with E-state index in [-0.39, 0.29) is 25.2 Å². The molecule has 0 aliphatic heterocycles. The van der Waals surface area contributed by atoms with Gasteiger partial charge in [0.15, 0.2) is 0 Å². The number of hydrogen-bond acceptors (Lipinski definition) is 4. The topological polar surface area (TPSA) is 52.6 Å². The minimum absolute atomic E-state index is 0.0106. The normalized spacial score (nSPS) is 16.2. The van der Waals surface area contributed by atoms with E-state index in [0.29, 0.717) is 6.42 Å². The maximum atomic E-state index is 12.6. The van der Waals surface area contributed by atoms with E-state index in [4.69, 9.17) is 4.74 Å². The van der Waals surface area contributed by atoms with E-state index in [9.17, 15) is 35.9 Å². The van der Waals surface area contributed by atoms with Crippen LogP contribution in [0.1, 0.15) is 60.3 Å². The Morgan fingerprint density at radius 2 is 1.44 bits per heavy atom. The standard InChI is InChI=1S/C17H26F6O4/c1-6-11(13(25)26-14(16(18,19)20)17(21,22)23)15(5,7-2)27-12(24)9-8-10(3)4/h10-11,14H,6-9H2,1-5H3. The van der Waals surface area contributed by atoms with Gasteiger partial charge in [0.1, 0.15) is 5.60 Å². The number of rotatable bonds is 9. The fraction of sp³-hybridized carbons (Fsp3) is 0.882. The van der Waals surface area contributed by atoms with E-state index in [0.717, 1.165) is 0 Å². The molecule has 2 unspecified atom stereocenters. The fourth-order valence-corrected chi connectivity index (χ4v) is 2.47. The summed E-state index contributed by atoms with van der Waals surface area (Å²) in [7, 11) is 0. The molecule has 0 rings (SSSR count). The predicted octanol–water partition coefficient (Wildman–Crippen LogP) is 5.20. The molecule has 27 heavy (non-hydrogen) atoms. The van der Waals surface area contributed by atoms with Crippen LogP contribution < -0.4 is 0 Å². The maximum absolute atomic E-state index is 12.6. The van der Waals surface area contributed by atoms with E-state index in [1.165, 1.54) is 20.8 Å². The Morgan fingerprint density at radius 3 is 1.78 bits per heavy atom. The summed E-state index contributed by atoms with van der Waals surface area (Å²) in [6, 6.07) is 0. The Hall–Kier alpha value is -1.48. The van der Waals surface area contributed by atoms with Crippen LogP contribution in [-0.2, 0) is 19.1 Å². The highest BCUT2D eigenvalue weighted by molar-refractivity contribution is 5.76. The minimum atomic E-state index is -5.80. The Labute approximate surface area is 154 Å². The molecule has 0 fully saturated rings. The number of halogens is 6. The molecular formula is C17H26F6O4. The Morgan fingerprint density at radius 1 is 0.963 bits per heavy atom. The molecule has 0 heterocycles. The summed E-state index contributed by atoms with van der Waals surface area (Å²) in [6.45, 7) is 7.93. The average Bonchev–Trinajstić information content (AvgIpc) is 2.49. The Balaban J connectivity index is 5.42. The second-order valence-corrected chi connectivity index (χ2v) is 6.93. The maximum Gasteiger partial charge on any atom is 0.434 e. The van der Waals surface area contributed by atoms with Gasteiger partial charge in [0.05, 0.1) is 5.92 Å². The first kappa shape index (κ1) is 25.5. The molecule has 0 aliphatic rings. The molecule has 0 aromatic heterocycles. The van der Waals surface area contributed by atoms with Crippen LogP contribution in [0, 0.1) is 11.8 Å². The number of carbonyl (C=O) groups excluding carboxylic acids is 2. The van der Waals surface area contributed by atoms with E-state index >= 15 is 0 Å². The Bertz CT molecular complexity index is 487. The van der Waals surface area contributed by atoms with Crippen LogP contribution in [0.15, 0.2) is 0 Å². The van der Waals surface area contributed by atoms with Crippen molar-refractivity contribution in [2.45, 2.75) is 84.4 Å². The molecule has 2 atom stereocenters. The summed E-state index contributed by atoms with van der Waals surface area (Å²) < 4.78 is 84.8. The van der Waals surface area contributed by atoms with Crippen molar-refractivity contribution in [1.82, 2.24) is 0 Å². The quantitative estimate of drug-likeness (QED) is 0.389. The van der Waals surface area contributed by atoms with Gasteiger partial charge < -0.3 is 9.47 Å². The average molecular weight is 408 g/mol. The molecule has 4 nitrogen and oxygen atoms in total. The molecule has 10 heteroatoms. The second-order valence-electron chi connectivity index (χ2n) is 6.93. The van der Waals surface area contributed by atoms with Crippen molar-refractivity contribution in [2.75, 3.05) is 0 Å². The molecule has 0 spiro atoms. The van der Waals surface area contributed by atoms with Gasteiger partial charge in [-0.3, -0.25) is 9.59 Å². The molecule has 0 saturated heterocycles. The third-order valence-corrected chi connectivity index (χ3v) is 4.23. The van der Waals surface area contributed by atoms with Crippen molar-refractivity contribution < 1.29 is 45.4 Å². The zero-order chi connectivity index (χ0) is 21.6. The smallest absolute Gasteiger partial charge is 0.434 e. The summed E-state index contributed by atoms with van der Waals surface area (Å²) in [5.41, 5.74) is -1.58. The van der Waals surface area contributed by atoms with Crippen LogP contribution in [0.2, 0.25) is 0 Å². The van der Waals surface area contributed by atoms with Gasteiger partial charge in [0.25, 0.3) is 6.10 Å². The van der Waals surface area contributed by atoms with Crippen LogP contribution in [0.5, 0.6) is 0 Å². The van der Waals surface area contributed by atoms with E-state index < -0.39 is 41.9 Å². The van der Waals surface area contributed by atoms with E-state index in [1.54, 1.807) is 0 Å². The molecule has 160 valence electrons. The molecule has 0 radical (unpaired) electrons. The van der Waals surface area contributed by atoms with Crippen molar-refractivity contribution in [3.05, 3.63) is 0 Å². The summed E-state index contributed by atoms with van der Waals surface area (Å²) in [6.07, 6.45) is -15.5. The highest BCUT2D eigenvalue weighted by atomic mass is 19.4. The van der Waals surface area contributed by atoms with Crippen molar-refractivity contribution in [2.24, 2.45) is 11.8 Å². The first-order valence-electron chi connectivity index (χ1n) is 8.64. The first-order valence-corrected chi connectivity index (χ1v) is 8.64. The lowest BCUT2D eigenvalue weighted by atomic mass is 9.84. The first-order chi connectivity index (χ1) is 12.1. The lowest BCUT2D eigenvalue weighted by Crippen LogP contribution is -2.50. The highest BCUT2D eigenvalue weighted by Crippen LogP contribution is 2.38. The lowest BCUT2D eigenvalue weighted by Gasteiger charge is -2.35. The Kier molecular flexibility index (Phi) is 9.11. The molecule has 0 aromatic carbocycles. The van der Waals surface area contributed by atoms with Gasteiger partial charge >= 0.3 is 24.3 Å². The summed E-state index contributed by atoms with van der Waals surface area (Å²) in [5, 5.41) is 0. The van der Waals surface area contributed by atoms with Crippen molar-refractivity contribution >= 4 is 11.9 Å². The largest absolute Gasteiger partial charge is 0.458 e. The molecule has 0 saturated carbocycles. The highest BCUT2D eigenvalue weighted by Gasteiger charge is 2.60. The second kappa shape index (κ2) is 9.64. The fourth-order valence-electron chi connectivity index (χ4n) is 2.47. The minimum Gasteiger partial charge on any atom is -0.458 e. The van der Waals surface area contributed by atoms with Gasteiger partial charge in [-0.05, 0) is 32.1 Å². The van der Waals surface area contributed by atoms with Crippen molar-refractivity contribution in [3.63, 3.8) is 0 Å². The zero-order valence-corrected chi connectivity index (χ0v) is 16.0. The van der Waals surface area contributed by atoms with Gasteiger partial charge in [-0.25, -0.2) is 0 Å². The van der Waals surface area contributed by atoms with Crippen molar-refractivity contribution in [3.8, 4) is 0 Å². The lowest BCUT2D eigenvalue weighted by molar-refractivity contribution is -0.315. The summed E-state index contributed by atoms with van der Waals surface area (Å²) in [5.74, 6) is -3.67.